The average Bonchev–Trinajstić information content (AvgIpc) is 2.74. The van der Waals surface area contributed by atoms with Crippen LogP contribution >= 0.6 is 0 Å². The van der Waals surface area contributed by atoms with Crippen molar-refractivity contribution in [2.75, 3.05) is 25.2 Å². The summed E-state index contributed by atoms with van der Waals surface area (Å²) in [6, 6.07) is 4.08. The normalized spacial score (nSPS) is 14.6. The first-order valence-electron chi connectivity index (χ1n) is 4.90. The molecule has 1 aliphatic heterocycles. The quantitative estimate of drug-likeness (QED) is 0.589. The number of rotatable bonds is 3. The van der Waals surface area contributed by atoms with E-state index in [0.717, 1.165) is 0 Å². The van der Waals surface area contributed by atoms with Gasteiger partial charge in [-0.3, -0.25) is 15.0 Å². The largest absolute Gasteiger partial charge is 0.494 e. The molecule has 1 heterocycles. The van der Waals surface area contributed by atoms with Gasteiger partial charge in [0, 0.05) is 6.07 Å². The van der Waals surface area contributed by atoms with E-state index in [1.54, 1.807) is 0 Å². The van der Waals surface area contributed by atoms with E-state index in [4.69, 9.17) is 9.47 Å². The molecule has 0 atom stereocenters. The lowest BCUT2D eigenvalue weighted by Crippen LogP contribution is -2.23. The Bertz CT molecular complexity index is 474. The lowest BCUT2D eigenvalue weighted by atomic mass is 10.2. The minimum Gasteiger partial charge on any atom is -0.494 e. The number of hydrogen-bond donors (Lipinski definition) is 0. The summed E-state index contributed by atoms with van der Waals surface area (Å²) in [6.45, 7) is 0.714. The highest BCUT2D eigenvalue weighted by Gasteiger charge is 2.27. The third-order valence-electron chi connectivity index (χ3n) is 2.43. The monoisotopic (exact) mass is 238 g/mol. The van der Waals surface area contributed by atoms with Crippen LogP contribution in [0.1, 0.15) is 0 Å². The van der Waals surface area contributed by atoms with Gasteiger partial charge < -0.3 is 9.47 Å². The summed E-state index contributed by atoms with van der Waals surface area (Å²) < 4.78 is 9.84. The number of cyclic esters (lactones) is 1. The second-order valence-electron chi connectivity index (χ2n) is 3.38. The summed E-state index contributed by atoms with van der Waals surface area (Å²) in [6.07, 6.45) is -0.475. The number of benzene rings is 1. The topological polar surface area (TPSA) is 81.9 Å². The van der Waals surface area contributed by atoms with Crippen molar-refractivity contribution in [3.8, 4) is 5.75 Å². The van der Waals surface area contributed by atoms with Gasteiger partial charge in [0.2, 0.25) is 0 Å². The summed E-state index contributed by atoms with van der Waals surface area (Å²) in [5.74, 6) is 0.276. The van der Waals surface area contributed by atoms with Crippen LogP contribution in [-0.2, 0) is 4.74 Å². The molecular weight excluding hydrogens is 228 g/mol. The molecule has 0 unspecified atom stereocenters. The van der Waals surface area contributed by atoms with Gasteiger partial charge in [-0.25, -0.2) is 4.79 Å². The number of carbonyl (C=O) groups is 1. The highest BCUT2D eigenvalue weighted by molar-refractivity contribution is 5.91. The van der Waals surface area contributed by atoms with Gasteiger partial charge in [0.05, 0.1) is 30.3 Å². The van der Waals surface area contributed by atoms with E-state index < -0.39 is 11.0 Å². The number of nitro benzene ring substituents is 1. The second kappa shape index (κ2) is 4.28. The Hall–Kier alpha value is -2.31. The molecule has 0 saturated carbocycles. The van der Waals surface area contributed by atoms with Crippen molar-refractivity contribution in [3.63, 3.8) is 0 Å². The van der Waals surface area contributed by atoms with Crippen LogP contribution < -0.4 is 9.64 Å². The molecule has 7 heteroatoms. The van der Waals surface area contributed by atoms with Gasteiger partial charge in [0.25, 0.3) is 5.69 Å². The number of anilines is 1. The summed E-state index contributed by atoms with van der Waals surface area (Å²) in [5, 5.41) is 10.6. The van der Waals surface area contributed by atoms with Gasteiger partial charge in [0.15, 0.2) is 0 Å². The number of amides is 1. The van der Waals surface area contributed by atoms with Crippen LogP contribution in [-0.4, -0.2) is 31.3 Å². The summed E-state index contributed by atoms with van der Waals surface area (Å²) in [4.78, 5) is 22.8. The van der Waals surface area contributed by atoms with E-state index in [9.17, 15) is 14.9 Å². The van der Waals surface area contributed by atoms with Gasteiger partial charge >= 0.3 is 6.09 Å². The minimum absolute atomic E-state index is 0.0850. The molecule has 1 amide bonds. The van der Waals surface area contributed by atoms with Crippen LogP contribution in [0.4, 0.5) is 16.2 Å². The second-order valence-corrected chi connectivity index (χ2v) is 3.38. The molecule has 90 valence electrons. The highest BCUT2D eigenvalue weighted by atomic mass is 16.6. The number of hydrogen-bond acceptors (Lipinski definition) is 5. The Morgan fingerprint density at radius 2 is 2.29 bits per heavy atom. The maximum atomic E-state index is 11.4. The number of nitrogens with zero attached hydrogens (tertiary/aromatic N) is 2. The van der Waals surface area contributed by atoms with Crippen LogP contribution in [0, 0.1) is 10.1 Å². The maximum Gasteiger partial charge on any atom is 0.414 e. The average molecular weight is 238 g/mol. The molecule has 1 aromatic rings. The van der Waals surface area contributed by atoms with Gasteiger partial charge in [-0.2, -0.15) is 0 Å². The van der Waals surface area contributed by atoms with Crippen LogP contribution in [0.5, 0.6) is 5.75 Å². The van der Waals surface area contributed by atoms with Crippen LogP contribution in [0.25, 0.3) is 0 Å². The Morgan fingerprint density at radius 3 is 2.82 bits per heavy atom. The van der Waals surface area contributed by atoms with Crippen molar-refractivity contribution in [2.24, 2.45) is 0 Å². The van der Waals surface area contributed by atoms with E-state index in [2.05, 4.69) is 0 Å². The number of carbonyl (C=O) groups excluding carboxylic acids is 1. The predicted molar refractivity (Wildman–Crippen MR) is 58.3 cm³/mol. The van der Waals surface area contributed by atoms with Gasteiger partial charge in [-0.1, -0.05) is 0 Å². The van der Waals surface area contributed by atoms with Gasteiger partial charge in [-0.15, -0.1) is 0 Å². The first-order chi connectivity index (χ1) is 8.13. The van der Waals surface area contributed by atoms with E-state index in [1.165, 1.54) is 30.2 Å². The number of ether oxygens (including phenoxy) is 2. The van der Waals surface area contributed by atoms with Gasteiger partial charge in [0.1, 0.15) is 12.4 Å². The molecule has 2 rings (SSSR count). The Morgan fingerprint density at radius 1 is 1.53 bits per heavy atom. The Balaban J connectivity index is 2.40. The summed E-state index contributed by atoms with van der Waals surface area (Å²) in [7, 11) is 1.39. The number of non-ortho nitro benzene ring substituents is 1. The van der Waals surface area contributed by atoms with E-state index in [1.807, 2.05) is 0 Å². The molecule has 1 aliphatic rings. The molecular formula is C10H10N2O5. The molecule has 0 bridgehead atoms. The maximum absolute atomic E-state index is 11.4. The molecule has 0 N–H and O–H groups in total. The Labute approximate surface area is 96.7 Å². The lowest BCUT2D eigenvalue weighted by Gasteiger charge is -2.15. The van der Waals surface area contributed by atoms with E-state index in [0.29, 0.717) is 18.8 Å². The predicted octanol–water partition coefficient (Wildman–Crippen LogP) is 1.56. The molecule has 0 aliphatic carbocycles. The first kappa shape index (κ1) is 11.2. The van der Waals surface area contributed by atoms with Crippen molar-refractivity contribution in [2.45, 2.75) is 0 Å². The van der Waals surface area contributed by atoms with Crippen LogP contribution in [0.3, 0.4) is 0 Å². The summed E-state index contributed by atoms with van der Waals surface area (Å²) in [5.41, 5.74) is 0.388. The van der Waals surface area contributed by atoms with Crippen molar-refractivity contribution < 1.29 is 19.2 Å². The van der Waals surface area contributed by atoms with Crippen molar-refractivity contribution >= 4 is 17.5 Å². The van der Waals surface area contributed by atoms with Crippen LogP contribution in [0.15, 0.2) is 18.2 Å². The lowest BCUT2D eigenvalue weighted by molar-refractivity contribution is -0.384. The fourth-order valence-electron chi connectivity index (χ4n) is 1.62. The molecule has 1 aromatic carbocycles. The van der Waals surface area contributed by atoms with Gasteiger partial charge in [-0.05, 0) is 6.07 Å². The third-order valence-corrected chi connectivity index (χ3v) is 2.43. The van der Waals surface area contributed by atoms with Crippen molar-refractivity contribution in [3.05, 3.63) is 28.3 Å². The first-order valence-corrected chi connectivity index (χ1v) is 4.90. The molecule has 1 saturated heterocycles. The molecule has 0 spiro atoms. The molecule has 1 fully saturated rings. The summed E-state index contributed by atoms with van der Waals surface area (Å²) >= 11 is 0. The molecule has 0 aromatic heterocycles. The van der Waals surface area contributed by atoms with Crippen molar-refractivity contribution in [1.82, 2.24) is 0 Å². The number of methoxy groups -OCH3 is 1. The molecule has 7 nitrogen and oxygen atoms in total. The van der Waals surface area contributed by atoms with Crippen LogP contribution in [0.2, 0.25) is 0 Å². The standard InChI is InChI=1S/C10H10N2O5/c1-16-9-6-7(12(14)15)2-3-8(9)11-4-5-17-10(11)13/h2-3,6H,4-5H2,1H3. The molecule has 17 heavy (non-hydrogen) atoms. The van der Waals surface area contributed by atoms with E-state index in [-0.39, 0.29) is 11.4 Å². The van der Waals surface area contributed by atoms with Crippen molar-refractivity contribution in [1.29, 1.82) is 0 Å². The fourth-order valence-corrected chi connectivity index (χ4v) is 1.62. The number of nitro groups is 1. The molecule has 0 radical (unpaired) electrons. The fraction of sp³-hybridized carbons (Fsp3) is 0.300. The van der Waals surface area contributed by atoms with E-state index >= 15 is 0 Å². The minimum atomic E-state index is -0.519. The zero-order valence-corrected chi connectivity index (χ0v) is 9.08. The zero-order chi connectivity index (χ0) is 12.4. The Kier molecular flexibility index (Phi) is 2.82. The highest BCUT2D eigenvalue weighted by Crippen LogP contribution is 2.33. The SMILES string of the molecule is COc1cc([N+](=O)[O-])ccc1N1CCOC1=O. The third kappa shape index (κ3) is 1.99. The zero-order valence-electron chi connectivity index (χ0n) is 9.08. The smallest absolute Gasteiger partial charge is 0.414 e.